The summed E-state index contributed by atoms with van der Waals surface area (Å²) in [5.41, 5.74) is 8.27. The van der Waals surface area contributed by atoms with Crippen LogP contribution < -0.4 is 5.73 Å². The first kappa shape index (κ1) is 11.7. The number of fused-ring (bicyclic) bond motifs is 1. The molecule has 0 aromatic carbocycles. The van der Waals surface area contributed by atoms with E-state index in [1.54, 1.807) is 11.3 Å². The van der Waals surface area contributed by atoms with E-state index in [0.717, 1.165) is 39.0 Å². The third-order valence-electron chi connectivity index (χ3n) is 3.01. The zero-order valence-corrected chi connectivity index (χ0v) is 12.1. The first-order valence-electron chi connectivity index (χ1n) is 5.41. The van der Waals surface area contributed by atoms with Crippen LogP contribution >= 0.6 is 38.9 Å². The Morgan fingerprint density at radius 3 is 3.06 bits per heavy atom. The van der Waals surface area contributed by atoms with Crippen LogP contribution in [0.15, 0.2) is 16.9 Å². The summed E-state index contributed by atoms with van der Waals surface area (Å²) in [6, 6.07) is 4.16. The van der Waals surface area contributed by atoms with Gasteiger partial charge in [-0.2, -0.15) is 0 Å². The van der Waals surface area contributed by atoms with Gasteiger partial charge >= 0.3 is 0 Å². The normalized spacial score (nSPS) is 19.4. The summed E-state index contributed by atoms with van der Waals surface area (Å²) in [6.07, 6.45) is 1.88. The maximum Gasteiger partial charge on any atom is 0.177 e. The Labute approximate surface area is 117 Å². The summed E-state index contributed by atoms with van der Waals surface area (Å²) in [4.78, 5) is 5.70. The second-order valence-corrected chi connectivity index (χ2v) is 6.61. The maximum atomic E-state index is 6.03. The van der Waals surface area contributed by atoms with Gasteiger partial charge in [-0.05, 0) is 34.5 Å². The zero-order valence-electron chi connectivity index (χ0n) is 8.99. The van der Waals surface area contributed by atoms with E-state index < -0.39 is 0 Å². The highest BCUT2D eigenvalue weighted by Gasteiger charge is 2.24. The molecule has 17 heavy (non-hydrogen) atoms. The smallest absolute Gasteiger partial charge is 0.177 e. The van der Waals surface area contributed by atoms with Crippen LogP contribution in [0.2, 0.25) is 4.34 Å². The van der Waals surface area contributed by atoms with Gasteiger partial charge in [0, 0.05) is 24.7 Å². The molecule has 3 nitrogen and oxygen atoms in total. The van der Waals surface area contributed by atoms with Crippen molar-refractivity contribution in [2.75, 3.05) is 0 Å². The average molecular weight is 333 g/mol. The first-order chi connectivity index (χ1) is 8.15. The van der Waals surface area contributed by atoms with Crippen molar-refractivity contribution in [3.63, 3.8) is 0 Å². The van der Waals surface area contributed by atoms with Crippen LogP contribution in [0.5, 0.6) is 0 Å². The number of hydrogen-bond acceptors (Lipinski definition) is 3. The van der Waals surface area contributed by atoms with Gasteiger partial charge in [-0.15, -0.1) is 11.3 Å². The van der Waals surface area contributed by atoms with Crippen LogP contribution in [-0.2, 0) is 13.0 Å². The highest BCUT2D eigenvalue weighted by molar-refractivity contribution is 9.10. The monoisotopic (exact) mass is 331 g/mol. The van der Waals surface area contributed by atoms with Gasteiger partial charge in [-0.1, -0.05) is 11.6 Å². The molecule has 0 spiro atoms. The van der Waals surface area contributed by atoms with E-state index in [4.69, 9.17) is 17.3 Å². The van der Waals surface area contributed by atoms with Crippen molar-refractivity contribution in [3.05, 3.63) is 26.9 Å². The highest BCUT2D eigenvalue weighted by atomic mass is 79.9. The lowest BCUT2D eigenvalue weighted by molar-refractivity contribution is 0.467. The molecule has 0 saturated heterocycles. The van der Waals surface area contributed by atoms with Gasteiger partial charge < -0.3 is 10.3 Å². The highest BCUT2D eigenvalue weighted by Crippen LogP contribution is 2.36. The number of thiophene rings is 1. The van der Waals surface area contributed by atoms with Crippen molar-refractivity contribution in [1.82, 2.24) is 9.55 Å². The zero-order chi connectivity index (χ0) is 12.0. The largest absolute Gasteiger partial charge is 0.327 e. The van der Waals surface area contributed by atoms with E-state index in [9.17, 15) is 0 Å². The lowest BCUT2D eigenvalue weighted by Crippen LogP contribution is -2.30. The number of rotatable bonds is 1. The van der Waals surface area contributed by atoms with Crippen LogP contribution in [0.25, 0.3) is 10.6 Å². The van der Waals surface area contributed by atoms with Gasteiger partial charge in [-0.3, -0.25) is 0 Å². The first-order valence-corrected chi connectivity index (χ1v) is 7.40. The van der Waals surface area contributed by atoms with Crippen LogP contribution in [-0.4, -0.2) is 15.6 Å². The molecule has 3 heterocycles. The number of halogens is 2. The molecule has 1 atom stereocenters. The summed E-state index contributed by atoms with van der Waals surface area (Å²) < 4.78 is 3.88. The molecule has 6 heteroatoms. The van der Waals surface area contributed by atoms with Gasteiger partial charge in [0.2, 0.25) is 0 Å². The fraction of sp³-hybridized carbons (Fsp3) is 0.364. The fourth-order valence-corrected chi connectivity index (χ4v) is 3.80. The minimum absolute atomic E-state index is 0.236. The van der Waals surface area contributed by atoms with Crippen LogP contribution in [0.1, 0.15) is 12.1 Å². The topological polar surface area (TPSA) is 43.8 Å². The van der Waals surface area contributed by atoms with Gasteiger partial charge in [0.25, 0.3) is 0 Å². The van der Waals surface area contributed by atoms with Crippen molar-refractivity contribution in [3.8, 4) is 10.6 Å². The molecule has 3 rings (SSSR count). The van der Waals surface area contributed by atoms with E-state index >= 15 is 0 Å². The third-order valence-corrected chi connectivity index (χ3v) is 4.85. The van der Waals surface area contributed by atoms with E-state index in [1.807, 2.05) is 12.1 Å². The summed E-state index contributed by atoms with van der Waals surface area (Å²) in [6.45, 7) is 0.934. The van der Waals surface area contributed by atoms with Gasteiger partial charge in [0.05, 0.1) is 9.21 Å². The predicted molar refractivity (Wildman–Crippen MR) is 74.5 cm³/mol. The average Bonchev–Trinajstić information content (AvgIpc) is 2.83. The Balaban J connectivity index is 2.12. The molecule has 0 bridgehead atoms. The molecule has 0 aliphatic carbocycles. The van der Waals surface area contributed by atoms with E-state index in [-0.39, 0.29) is 6.04 Å². The summed E-state index contributed by atoms with van der Waals surface area (Å²) in [5.74, 6) is 0. The predicted octanol–water partition coefficient (Wildman–Crippen LogP) is 3.30. The molecule has 2 aromatic rings. The van der Waals surface area contributed by atoms with E-state index in [2.05, 4.69) is 25.5 Å². The van der Waals surface area contributed by atoms with Crippen molar-refractivity contribution < 1.29 is 0 Å². The molecule has 0 radical (unpaired) electrons. The molecule has 2 N–H and O–H groups in total. The Bertz CT molecular complexity index is 563. The minimum atomic E-state index is 0.236. The molecule has 1 unspecified atom stereocenters. The molecule has 0 saturated carbocycles. The van der Waals surface area contributed by atoms with Crippen molar-refractivity contribution in [2.24, 2.45) is 5.73 Å². The summed E-state index contributed by atoms with van der Waals surface area (Å²) in [5, 5.41) is 0. The van der Waals surface area contributed by atoms with Crippen molar-refractivity contribution in [1.29, 1.82) is 0 Å². The Morgan fingerprint density at radius 1 is 1.53 bits per heavy atom. The van der Waals surface area contributed by atoms with Gasteiger partial charge in [-0.25, -0.2) is 4.98 Å². The lowest BCUT2D eigenvalue weighted by atomic mass is 10.0. The molecule has 1 aliphatic heterocycles. The number of nitrogens with zero attached hydrogens (tertiary/aromatic N) is 2. The Morgan fingerprint density at radius 2 is 2.35 bits per heavy atom. The molecule has 0 fully saturated rings. The summed E-state index contributed by atoms with van der Waals surface area (Å²) in [7, 11) is 0. The Kier molecular flexibility index (Phi) is 3.02. The van der Waals surface area contributed by atoms with Crippen molar-refractivity contribution >= 4 is 38.9 Å². The SMILES string of the molecule is NC1CCn2c(Br)nc(-c3ccc(Cl)s3)c2C1. The molecular formula is C11H11BrClN3S. The fourth-order valence-electron chi connectivity index (χ4n) is 2.17. The number of imidazole rings is 1. The molecule has 90 valence electrons. The molecular weight excluding hydrogens is 322 g/mol. The number of hydrogen-bond donors (Lipinski definition) is 1. The van der Waals surface area contributed by atoms with E-state index in [0.29, 0.717) is 0 Å². The molecule has 0 amide bonds. The van der Waals surface area contributed by atoms with Crippen LogP contribution in [0, 0.1) is 0 Å². The standard InChI is InChI=1S/C11H11BrClN3S/c12-11-15-10(8-1-2-9(13)17-8)7-5-6(14)3-4-16(7)11/h1-2,6H,3-5,14H2. The lowest BCUT2D eigenvalue weighted by Gasteiger charge is -2.21. The van der Waals surface area contributed by atoms with Crippen LogP contribution in [0.4, 0.5) is 0 Å². The second-order valence-electron chi connectivity index (χ2n) is 4.18. The van der Waals surface area contributed by atoms with Gasteiger partial charge in [0.15, 0.2) is 4.73 Å². The molecule has 1 aliphatic rings. The maximum absolute atomic E-state index is 6.03. The van der Waals surface area contributed by atoms with Gasteiger partial charge in [0.1, 0.15) is 5.69 Å². The molecule has 2 aromatic heterocycles. The Hall–Kier alpha value is -0.360. The number of nitrogens with two attached hydrogens (primary N) is 1. The minimum Gasteiger partial charge on any atom is -0.327 e. The van der Waals surface area contributed by atoms with E-state index in [1.165, 1.54) is 5.69 Å². The summed E-state index contributed by atoms with van der Waals surface area (Å²) >= 11 is 11.0. The second kappa shape index (κ2) is 4.39. The van der Waals surface area contributed by atoms with Crippen molar-refractivity contribution in [2.45, 2.75) is 25.4 Å². The third kappa shape index (κ3) is 2.05. The van der Waals surface area contributed by atoms with Crippen LogP contribution in [0.3, 0.4) is 0 Å². The quantitative estimate of drug-likeness (QED) is 0.871. The number of aromatic nitrogens is 2.